The lowest BCUT2D eigenvalue weighted by Gasteiger charge is -2.43. The third-order valence-corrected chi connectivity index (χ3v) is 6.20. The second kappa shape index (κ2) is 6.34. The Hall–Kier alpha value is -0.470. The average Bonchev–Trinajstić information content (AvgIpc) is 2.37. The van der Waals surface area contributed by atoms with E-state index in [1.54, 1.807) is 0 Å². The van der Waals surface area contributed by atoms with E-state index in [0.717, 1.165) is 0 Å². The molecule has 2 unspecified atom stereocenters. The topological polar surface area (TPSA) is 12.0 Å². The second-order valence-corrected chi connectivity index (χ2v) is 9.39. The Bertz CT molecular complexity index is 455. The SMILES string of the molecule is CNC1C(Sc2ccc(C(C)(C)C)cc2)CCCC1(C)C. The third kappa shape index (κ3) is 4.04. The lowest BCUT2D eigenvalue weighted by Crippen LogP contribution is -2.49. The largest absolute Gasteiger partial charge is 0.315 e. The molecule has 1 aliphatic rings. The molecule has 0 saturated heterocycles. The van der Waals surface area contributed by atoms with E-state index in [9.17, 15) is 0 Å². The van der Waals surface area contributed by atoms with Gasteiger partial charge < -0.3 is 5.32 Å². The van der Waals surface area contributed by atoms with Gasteiger partial charge in [-0.05, 0) is 48.4 Å². The number of hydrogen-bond donors (Lipinski definition) is 1. The number of nitrogens with one attached hydrogen (secondary N) is 1. The van der Waals surface area contributed by atoms with Crippen molar-refractivity contribution < 1.29 is 0 Å². The molecule has 2 heteroatoms. The molecule has 0 bridgehead atoms. The van der Waals surface area contributed by atoms with Gasteiger partial charge in [-0.1, -0.05) is 53.2 Å². The molecule has 0 spiro atoms. The zero-order chi connectivity index (χ0) is 15.7. The van der Waals surface area contributed by atoms with E-state index in [0.29, 0.717) is 16.7 Å². The van der Waals surface area contributed by atoms with Gasteiger partial charge in [0.15, 0.2) is 0 Å². The van der Waals surface area contributed by atoms with Crippen LogP contribution in [0.3, 0.4) is 0 Å². The van der Waals surface area contributed by atoms with E-state index >= 15 is 0 Å². The van der Waals surface area contributed by atoms with Crippen LogP contribution in [0, 0.1) is 5.41 Å². The summed E-state index contributed by atoms with van der Waals surface area (Å²) in [4.78, 5) is 1.41. The fourth-order valence-electron chi connectivity index (χ4n) is 3.50. The number of thioether (sulfide) groups is 1. The van der Waals surface area contributed by atoms with E-state index in [2.05, 4.69) is 83.0 Å². The summed E-state index contributed by atoms with van der Waals surface area (Å²) < 4.78 is 0. The fourth-order valence-corrected chi connectivity index (χ4v) is 5.06. The highest BCUT2D eigenvalue weighted by Crippen LogP contribution is 2.42. The molecule has 0 heterocycles. The Morgan fingerprint density at radius 2 is 1.76 bits per heavy atom. The minimum absolute atomic E-state index is 0.240. The van der Waals surface area contributed by atoms with Gasteiger partial charge in [-0.15, -0.1) is 11.8 Å². The molecule has 1 saturated carbocycles. The van der Waals surface area contributed by atoms with Crippen molar-refractivity contribution in [3.8, 4) is 0 Å². The van der Waals surface area contributed by atoms with Crippen LogP contribution < -0.4 is 5.32 Å². The molecule has 0 aromatic heterocycles. The third-order valence-electron chi connectivity index (χ3n) is 4.84. The van der Waals surface area contributed by atoms with Crippen molar-refractivity contribution in [2.75, 3.05) is 7.05 Å². The van der Waals surface area contributed by atoms with Gasteiger partial charge in [0.1, 0.15) is 0 Å². The zero-order valence-corrected chi connectivity index (χ0v) is 15.3. The van der Waals surface area contributed by atoms with E-state index < -0.39 is 0 Å². The van der Waals surface area contributed by atoms with Crippen LogP contribution in [0.15, 0.2) is 29.2 Å². The van der Waals surface area contributed by atoms with Crippen molar-refractivity contribution in [1.82, 2.24) is 5.32 Å². The summed E-state index contributed by atoms with van der Waals surface area (Å²) in [5.41, 5.74) is 2.06. The number of benzene rings is 1. The van der Waals surface area contributed by atoms with Crippen molar-refractivity contribution in [2.45, 2.75) is 75.5 Å². The van der Waals surface area contributed by atoms with Crippen LogP contribution in [-0.4, -0.2) is 18.3 Å². The van der Waals surface area contributed by atoms with Crippen LogP contribution in [0.4, 0.5) is 0 Å². The second-order valence-electron chi connectivity index (χ2n) is 8.08. The maximum absolute atomic E-state index is 3.58. The lowest BCUT2D eigenvalue weighted by molar-refractivity contribution is 0.182. The first-order chi connectivity index (χ1) is 9.74. The molecular weight excluding hydrogens is 274 g/mol. The lowest BCUT2D eigenvalue weighted by atomic mass is 9.73. The monoisotopic (exact) mass is 305 g/mol. The van der Waals surface area contributed by atoms with Gasteiger partial charge in [-0.3, -0.25) is 0 Å². The summed E-state index contributed by atoms with van der Waals surface area (Å²) in [6, 6.07) is 9.80. The van der Waals surface area contributed by atoms with Gasteiger partial charge in [0.25, 0.3) is 0 Å². The summed E-state index contributed by atoms with van der Waals surface area (Å²) in [5, 5.41) is 4.26. The van der Waals surface area contributed by atoms with E-state index in [-0.39, 0.29) is 5.41 Å². The first-order valence-electron chi connectivity index (χ1n) is 8.18. The Morgan fingerprint density at radius 1 is 1.14 bits per heavy atom. The molecule has 1 N–H and O–H groups in total. The summed E-state index contributed by atoms with van der Waals surface area (Å²) >= 11 is 2.06. The normalized spacial score (nSPS) is 25.8. The van der Waals surface area contributed by atoms with E-state index in [1.165, 1.54) is 29.7 Å². The maximum atomic E-state index is 3.58. The minimum atomic E-state index is 0.240. The van der Waals surface area contributed by atoms with Crippen molar-refractivity contribution >= 4 is 11.8 Å². The maximum Gasteiger partial charge on any atom is 0.0253 e. The Morgan fingerprint density at radius 3 is 2.29 bits per heavy atom. The first-order valence-corrected chi connectivity index (χ1v) is 9.06. The van der Waals surface area contributed by atoms with Gasteiger partial charge in [0, 0.05) is 16.2 Å². The van der Waals surface area contributed by atoms with Crippen molar-refractivity contribution in [2.24, 2.45) is 5.41 Å². The summed E-state index contributed by atoms with van der Waals surface area (Å²) in [6.45, 7) is 11.6. The first kappa shape index (κ1) is 16.9. The minimum Gasteiger partial charge on any atom is -0.315 e. The van der Waals surface area contributed by atoms with Crippen LogP contribution in [0.2, 0.25) is 0 Å². The predicted molar refractivity (Wildman–Crippen MR) is 95.3 cm³/mol. The number of rotatable bonds is 3. The molecule has 118 valence electrons. The molecule has 21 heavy (non-hydrogen) atoms. The van der Waals surface area contributed by atoms with Gasteiger partial charge in [0.05, 0.1) is 0 Å². The molecule has 1 aromatic rings. The highest BCUT2D eigenvalue weighted by molar-refractivity contribution is 8.00. The Kier molecular flexibility index (Phi) is 5.10. The van der Waals surface area contributed by atoms with Gasteiger partial charge in [-0.2, -0.15) is 0 Å². The van der Waals surface area contributed by atoms with Crippen LogP contribution in [0.25, 0.3) is 0 Å². The van der Waals surface area contributed by atoms with E-state index in [1.807, 2.05) is 0 Å². The highest BCUT2D eigenvalue weighted by Gasteiger charge is 2.38. The fraction of sp³-hybridized carbons (Fsp3) is 0.684. The summed E-state index contributed by atoms with van der Waals surface area (Å²) in [5.74, 6) is 0. The van der Waals surface area contributed by atoms with Crippen LogP contribution in [0.5, 0.6) is 0 Å². The van der Waals surface area contributed by atoms with Crippen LogP contribution in [-0.2, 0) is 5.41 Å². The van der Waals surface area contributed by atoms with Crippen LogP contribution in [0.1, 0.15) is 59.4 Å². The zero-order valence-electron chi connectivity index (χ0n) is 14.5. The molecule has 0 amide bonds. The molecule has 1 aromatic carbocycles. The molecule has 2 atom stereocenters. The average molecular weight is 306 g/mol. The van der Waals surface area contributed by atoms with E-state index in [4.69, 9.17) is 0 Å². The predicted octanol–water partition coefficient (Wildman–Crippen LogP) is 5.24. The smallest absolute Gasteiger partial charge is 0.0253 e. The van der Waals surface area contributed by atoms with Gasteiger partial charge >= 0.3 is 0 Å². The van der Waals surface area contributed by atoms with Crippen molar-refractivity contribution in [1.29, 1.82) is 0 Å². The molecule has 1 aliphatic carbocycles. The molecule has 1 fully saturated rings. The Labute approximate surface area is 135 Å². The molecule has 0 aliphatic heterocycles. The molecular formula is C19H31NS. The highest BCUT2D eigenvalue weighted by atomic mass is 32.2. The van der Waals surface area contributed by atoms with Crippen molar-refractivity contribution in [3.05, 3.63) is 29.8 Å². The summed E-state index contributed by atoms with van der Waals surface area (Å²) in [7, 11) is 2.12. The molecule has 1 nitrogen and oxygen atoms in total. The molecule has 0 radical (unpaired) electrons. The summed E-state index contributed by atoms with van der Waals surface area (Å²) in [6.07, 6.45) is 4.00. The van der Waals surface area contributed by atoms with Crippen LogP contribution >= 0.6 is 11.8 Å². The van der Waals surface area contributed by atoms with Gasteiger partial charge in [-0.25, -0.2) is 0 Å². The molecule has 2 rings (SSSR count). The Balaban J connectivity index is 2.10. The quantitative estimate of drug-likeness (QED) is 0.819. The number of hydrogen-bond acceptors (Lipinski definition) is 2. The standard InChI is InChI=1S/C19H31NS/c1-18(2,3)14-9-11-15(12-10-14)21-16-8-7-13-19(4,5)17(16)20-6/h9-12,16-17,20H,7-8,13H2,1-6H3. The van der Waals surface area contributed by atoms with Gasteiger partial charge in [0.2, 0.25) is 0 Å². The van der Waals surface area contributed by atoms with Crippen molar-refractivity contribution in [3.63, 3.8) is 0 Å².